The van der Waals surface area contributed by atoms with Gasteiger partial charge in [-0.3, -0.25) is 0 Å². The lowest BCUT2D eigenvalue weighted by molar-refractivity contribution is 0.168. The van der Waals surface area contributed by atoms with Crippen molar-refractivity contribution in [2.24, 2.45) is 0 Å². The van der Waals surface area contributed by atoms with Crippen molar-refractivity contribution in [2.45, 2.75) is 116 Å². The van der Waals surface area contributed by atoms with E-state index in [0.717, 1.165) is 0 Å². The first kappa shape index (κ1) is 20.9. The van der Waals surface area contributed by atoms with Gasteiger partial charge in [0.05, 0.1) is 6.61 Å². The molecule has 0 aliphatic heterocycles. The van der Waals surface area contributed by atoms with Crippen LogP contribution in [0.4, 0.5) is 0 Å². The van der Waals surface area contributed by atoms with Crippen molar-refractivity contribution in [3.63, 3.8) is 0 Å². The Morgan fingerprint density at radius 1 is 0.762 bits per heavy atom. The summed E-state index contributed by atoms with van der Waals surface area (Å²) in [4.78, 5) is 0. The standard InChI is InChI=1S/C19H41NO/c1-5-7-9-11-13-15-18(20-19(3,4)17-21)16-14-12-10-8-6-2/h18,20-21H,5-17H2,1-4H3. The van der Waals surface area contributed by atoms with E-state index in [-0.39, 0.29) is 12.1 Å². The Morgan fingerprint density at radius 3 is 1.57 bits per heavy atom. The molecular formula is C19H41NO. The molecule has 0 amide bonds. The van der Waals surface area contributed by atoms with Crippen molar-refractivity contribution in [2.75, 3.05) is 6.61 Å². The van der Waals surface area contributed by atoms with Crippen molar-refractivity contribution in [1.29, 1.82) is 0 Å². The second kappa shape index (κ2) is 13.6. The molecule has 0 aliphatic carbocycles. The third-order valence-corrected chi connectivity index (χ3v) is 4.30. The lowest BCUT2D eigenvalue weighted by atomic mass is 9.97. The Labute approximate surface area is 134 Å². The highest BCUT2D eigenvalue weighted by Crippen LogP contribution is 2.16. The lowest BCUT2D eigenvalue weighted by Crippen LogP contribution is -2.48. The Morgan fingerprint density at radius 2 is 1.19 bits per heavy atom. The molecule has 128 valence electrons. The molecule has 0 aromatic carbocycles. The van der Waals surface area contributed by atoms with E-state index in [9.17, 15) is 5.11 Å². The van der Waals surface area contributed by atoms with Crippen LogP contribution in [0.2, 0.25) is 0 Å². The number of hydrogen-bond donors (Lipinski definition) is 2. The quantitative estimate of drug-likeness (QED) is 0.395. The van der Waals surface area contributed by atoms with Crippen molar-refractivity contribution >= 4 is 0 Å². The smallest absolute Gasteiger partial charge is 0.0607 e. The summed E-state index contributed by atoms with van der Waals surface area (Å²) < 4.78 is 0. The summed E-state index contributed by atoms with van der Waals surface area (Å²) in [6.07, 6.45) is 16.0. The van der Waals surface area contributed by atoms with Crippen LogP contribution >= 0.6 is 0 Å². The maximum atomic E-state index is 9.46. The van der Waals surface area contributed by atoms with Crippen LogP contribution in [0.15, 0.2) is 0 Å². The van der Waals surface area contributed by atoms with Crippen LogP contribution in [0.5, 0.6) is 0 Å². The molecule has 0 radical (unpaired) electrons. The van der Waals surface area contributed by atoms with E-state index in [0.29, 0.717) is 6.04 Å². The maximum Gasteiger partial charge on any atom is 0.0607 e. The molecule has 0 aromatic rings. The first-order valence-electron chi connectivity index (χ1n) is 9.44. The normalized spacial score (nSPS) is 12.3. The van der Waals surface area contributed by atoms with Gasteiger partial charge >= 0.3 is 0 Å². The fourth-order valence-electron chi connectivity index (χ4n) is 2.88. The van der Waals surface area contributed by atoms with E-state index in [4.69, 9.17) is 0 Å². The molecule has 0 bridgehead atoms. The average Bonchev–Trinajstić information content (AvgIpc) is 2.46. The van der Waals surface area contributed by atoms with Crippen LogP contribution in [-0.2, 0) is 0 Å². The minimum absolute atomic E-state index is 0.141. The number of aliphatic hydroxyl groups excluding tert-OH is 1. The molecule has 0 atom stereocenters. The first-order chi connectivity index (χ1) is 10.1. The predicted molar refractivity (Wildman–Crippen MR) is 94.8 cm³/mol. The Hall–Kier alpha value is -0.0800. The van der Waals surface area contributed by atoms with Crippen LogP contribution in [0.3, 0.4) is 0 Å². The van der Waals surface area contributed by atoms with E-state index >= 15 is 0 Å². The zero-order chi connectivity index (χ0) is 16.0. The Kier molecular flexibility index (Phi) is 13.5. The van der Waals surface area contributed by atoms with Gasteiger partial charge in [0.15, 0.2) is 0 Å². The molecule has 0 fully saturated rings. The van der Waals surface area contributed by atoms with Gasteiger partial charge in [0.2, 0.25) is 0 Å². The molecule has 21 heavy (non-hydrogen) atoms. The molecule has 0 aromatic heterocycles. The molecule has 0 saturated heterocycles. The fourth-order valence-corrected chi connectivity index (χ4v) is 2.88. The largest absolute Gasteiger partial charge is 0.394 e. The van der Waals surface area contributed by atoms with Crippen molar-refractivity contribution in [3.05, 3.63) is 0 Å². The molecule has 2 N–H and O–H groups in total. The van der Waals surface area contributed by atoms with E-state index in [2.05, 4.69) is 33.0 Å². The number of rotatable bonds is 15. The Bertz CT molecular complexity index is 202. The zero-order valence-electron chi connectivity index (χ0n) is 15.2. The second-order valence-corrected chi connectivity index (χ2v) is 7.29. The van der Waals surface area contributed by atoms with E-state index in [1.165, 1.54) is 77.0 Å². The highest BCUT2D eigenvalue weighted by atomic mass is 16.3. The number of aliphatic hydroxyl groups is 1. The topological polar surface area (TPSA) is 32.3 Å². The number of unbranched alkanes of at least 4 members (excludes halogenated alkanes) is 8. The summed E-state index contributed by atoms with van der Waals surface area (Å²) in [6.45, 7) is 8.96. The summed E-state index contributed by atoms with van der Waals surface area (Å²) in [5, 5.41) is 13.1. The monoisotopic (exact) mass is 299 g/mol. The molecular weight excluding hydrogens is 258 g/mol. The van der Waals surface area contributed by atoms with Crippen LogP contribution in [0.25, 0.3) is 0 Å². The van der Waals surface area contributed by atoms with Crippen LogP contribution in [0.1, 0.15) is 105 Å². The fraction of sp³-hybridized carbons (Fsp3) is 1.00. The third-order valence-electron chi connectivity index (χ3n) is 4.30. The van der Waals surface area contributed by atoms with Crippen molar-refractivity contribution in [1.82, 2.24) is 5.32 Å². The van der Waals surface area contributed by atoms with Crippen LogP contribution in [0, 0.1) is 0 Å². The maximum absolute atomic E-state index is 9.46. The summed E-state index contributed by atoms with van der Waals surface area (Å²) in [5.41, 5.74) is -0.141. The van der Waals surface area contributed by atoms with Gasteiger partial charge in [-0.1, -0.05) is 78.1 Å². The zero-order valence-corrected chi connectivity index (χ0v) is 15.2. The molecule has 2 heteroatoms. The van der Waals surface area contributed by atoms with Gasteiger partial charge in [0.25, 0.3) is 0 Å². The minimum Gasteiger partial charge on any atom is -0.394 e. The number of nitrogens with one attached hydrogen (secondary N) is 1. The highest BCUT2D eigenvalue weighted by Gasteiger charge is 2.20. The van der Waals surface area contributed by atoms with Crippen LogP contribution < -0.4 is 5.32 Å². The van der Waals surface area contributed by atoms with Crippen LogP contribution in [-0.4, -0.2) is 23.3 Å². The van der Waals surface area contributed by atoms with Gasteiger partial charge in [-0.25, -0.2) is 0 Å². The molecule has 0 heterocycles. The van der Waals surface area contributed by atoms with Gasteiger partial charge in [-0.05, 0) is 26.7 Å². The third kappa shape index (κ3) is 13.3. The summed E-state index contributed by atoms with van der Waals surface area (Å²) in [7, 11) is 0. The predicted octanol–water partition coefficient (Wildman–Crippen LogP) is 5.44. The molecule has 0 unspecified atom stereocenters. The lowest BCUT2D eigenvalue weighted by Gasteiger charge is -2.30. The van der Waals surface area contributed by atoms with Gasteiger partial charge in [-0.2, -0.15) is 0 Å². The van der Waals surface area contributed by atoms with Crippen molar-refractivity contribution in [3.8, 4) is 0 Å². The van der Waals surface area contributed by atoms with Crippen molar-refractivity contribution < 1.29 is 5.11 Å². The van der Waals surface area contributed by atoms with E-state index < -0.39 is 0 Å². The first-order valence-corrected chi connectivity index (χ1v) is 9.44. The molecule has 0 rings (SSSR count). The summed E-state index contributed by atoms with van der Waals surface area (Å²) in [6, 6.07) is 0.579. The summed E-state index contributed by atoms with van der Waals surface area (Å²) in [5.74, 6) is 0. The summed E-state index contributed by atoms with van der Waals surface area (Å²) >= 11 is 0. The molecule has 2 nitrogen and oxygen atoms in total. The van der Waals surface area contributed by atoms with E-state index in [1.54, 1.807) is 0 Å². The SMILES string of the molecule is CCCCCCCC(CCCCCCC)NC(C)(C)CO. The second-order valence-electron chi connectivity index (χ2n) is 7.29. The van der Waals surface area contributed by atoms with Gasteiger partial charge in [0.1, 0.15) is 0 Å². The molecule has 0 spiro atoms. The Balaban J connectivity index is 3.97. The van der Waals surface area contributed by atoms with Gasteiger partial charge in [0, 0.05) is 11.6 Å². The molecule has 0 saturated carbocycles. The van der Waals surface area contributed by atoms with Gasteiger partial charge < -0.3 is 10.4 Å². The average molecular weight is 300 g/mol. The van der Waals surface area contributed by atoms with E-state index in [1.807, 2.05) is 0 Å². The number of hydrogen-bond acceptors (Lipinski definition) is 2. The minimum atomic E-state index is -0.141. The molecule has 0 aliphatic rings. The highest BCUT2D eigenvalue weighted by molar-refractivity contribution is 4.81. The van der Waals surface area contributed by atoms with Gasteiger partial charge in [-0.15, -0.1) is 0 Å².